The van der Waals surface area contributed by atoms with E-state index in [9.17, 15) is 13.6 Å². The van der Waals surface area contributed by atoms with Gasteiger partial charge < -0.3 is 9.84 Å². The van der Waals surface area contributed by atoms with Crippen LogP contribution in [0.15, 0.2) is 35.5 Å². The molecule has 0 atom stereocenters. The van der Waals surface area contributed by atoms with E-state index in [1.807, 2.05) is 13.8 Å². The van der Waals surface area contributed by atoms with E-state index in [1.54, 1.807) is 30.1 Å². The highest BCUT2D eigenvalue weighted by Crippen LogP contribution is 2.31. The summed E-state index contributed by atoms with van der Waals surface area (Å²) in [6.07, 6.45) is 1.66. The van der Waals surface area contributed by atoms with Crippen LogP contribution in [0.4, 0.5) is 8.78 Å². The van der Waals surface area contributed by atoms with Crippen molar-refractivity contribution in [3.63, 3.8) is 0 Å². The first-order chi connectivity index (χ1) is 11.9. The third-order valence-corrected chi connectivity index (χ3v) is 4.14. The van der Waals surface area contributed by atoms with Gasteiger partial charge in [-0.25, -0.2) is 13.8 Å². The lowest BCUT2D eigenvalue weighted by Crippen LogP contribution is -2.04. The molecule has 0 aliphatic heterocycles. The predicted molar refractivity (Wildman–Crippen MR) is 92.9 cm³/mol. The van der Waals surface area contributed by atoms with Crippen molar-refractivity contribution in [1.29, 1.82) is 0 Å². The normalized spacial score (nSPS) is 10.9. The van der Waals surface area contributed by atoms with Crippen LogP contribution in [0.2, 0.25) is 0 Å². The summed E-state index contributed by atoms with van der Waals surface area (Å²) in [5.74, 6) is -3.10. The van der Waals surface area contributed by atoms with Crippen molar-refractivity contribution >= 4 is 17.7 Å². The molecule has 0 unspecified atom stereocenters. The molecule has 0 fully saturated rings. The van der Waals surface area contributed by atoms with Gasteiger partial charge in [-0.15, -0.1) is 11.8 Å². The van der Waals surface area contributed by atoms with Gasteiger partial charge >= 0.3 is 5.97 Å². The summed E-state index contributed by atoms with van der Waals surface area (Å²) in [4.78, 5) is 14.7. The lowest BCUT2D eigenvalue weighted by molar-refractivity contribution is -0.137. The third-order valence-electron chi connectivity index (χ3n) is 3.20. The Morgan fingerprint density at radius 1 is 1.24 bits per heavy atom. The van der Waals surface area contributed by atoms with Crippen molar-refractivity contribution in [2.24, 2.45) is 0 Å². The summed E-state index contributed by atoms with van der Waals surface area (Å²) < 4.78 is 33.4. The van der Waals surface area contributed by atoms with E-state index in [0.29, 0.717) is 16.4 Å². The number of aromatic nitrogens is 1. The van der Waals surface area contributed by atoms with E-state index in [4.69, 9.17) is 9.84 Å². The highest BCUT2D eigenvalue weighted by atomic mass is 32.2. The number of benzene rings is 1. The minimum Gasteiger partial charge on any atom is -0.488 e. The maximum atomic E-state index is 14.2. The fraction of sp³-hybridized carbons (Fsp3) is 0.333. The second-order valence-corrected chi connectivity index (χ2v) is 7.26. The van der Waals surface area contributed by atoms with Crippen LogP contribution in [0.3, 0.4) is 0 Å². The molecule has 4 nitrogen and oxygen atoms in total. The molecular formula is C18H19F2NO3S. The summed E-state index contributed by atoms with van der Waals surface area (Å²) >= 11 is 1.56. The van der Waals surface area contributed by atoms with Crippen LogP contribution in [0.5, 0.6) is 5.75 Å². The number of carboxylic acid groups (broad SMARTS) is 1. The van der Waals surface area contributed by atoms with Gasteiger partial charge in [0.1, 0.15) is 0 Å². The number of nitrogens with zero attached hydrogens (tertiary/aromatic N) is 1. The monoisotopic (exact) mass is 367 g/mol. The number of carboxylic acids is 1. The zero-order valence-electron chi connectivity index (χ0n) is 14.0. The number of aliphatic carboxylic acids is 1. The van der Waals surface area contributed by atoms with Gasteiger partial charge in [-0.2, -0.15) is 0 Å². The number of thioether (sulfide) groups is 1. The Morgan fingerprint density at radius 3 is 2.52 bits per heavy atom. The van der Waals surface area contributed by atoms with E-state index in [1.165, 1.54) is 12.1 Å². The lowest BCUT2D eigenvalue weighted by Gasteiger charge is -2.11. The molecule has 2 rings (SSSR count). The maximum absolute atomic E-state index is 14.2. The van der Waals surface area contributed by atoms with Crippen molar-refractivity contribution in [1.82, 2.24) is 4.98 Å². The number of ether oxygens (including phenoxy) is 1. The summed E-state index contributed by atoms with van der Waals surface area (Å²) in [6.45, 7) is 4.01. The van der Waals surface area contributed by atoms with E-state index in [0.717, 1.165) is 5.03 Å². The molecule has 0 amide bonds. The molecule has 0 saturated heterocycles. The van der Waals surface area contributed by atoms with Gasteiger partial charge in [0.05, 0.1) is 11.6 Å². The van der Waals surface area contributed by atoms with Gasteiger partial charge in [0.25, 0.3) is 0 Å². The minimum atomic E-state index is -0.979. The quantitative estimate of drug-likeness (QED) is 0.538. The van der Waals surface area contributed by atoms with E-state index in [-0.39, 0.29) is 19.4 Å². The Kier molecular flexibility index (Phi) is 6.75. The molecule has 134 valence electrons. The number of hydrogen-bond donors (Lipinski definition) is 1. The zero-order chi connectivity index (χ0) is 18.4. The predicted octanol–water partition coefficient (Wildman–Crippen LogP) is 4.77. The smallest absolute Gasteiger partial charge is 0.303 e. The van der Waals surface area contributed by atoms with Gasteiger partial charge in [-0.05, 0) is 41.8 Å². The van der Waals surface area contributed by atoms with Crippen LogP contribution >= 0.6 is 11.8 Å². The SMILES string of the molecule is CC(C)Sc1cc(-c2cc(F)c(OCCCC(=O)O)c(F)c2)ccn1. The highest BCUT2D eigenvalue weighted by molar-refractivity contribution is 7.99. The Labute approximate surface area is 149 Å². The van der Waals surface area contributed by atoms with E-state index >= 15 is 0 Å². The molecule has 0 aliphatic carbocycles. The van der Waals surface area contributed by atoms with Crippen molar-refractivity contribution in [3.05, 3.63) is 42.1 Å². The summed E-state index contributed by atoms with van der Waals surface area (Å²) in [5.41, 5.74) is 1.05. The van der Waals surface area contributed by atoms with E-state index in [2.05, 4.69) is 4.98 Å². The number of rotatable bonds is 8. The van der Waals surface area contributed by atoms with Gasteiger partial charge in [0, 0.05) is 17.9 Å². The zero-order valence-corrected chi connectivity index (χ0v) is 14.8. The third kappa shape index (κ3) is 5.70. The van der Waals surface area contributed by atoms with Crippen molar-refractivity contribution in [2.45, 2.75) is 37.0 Å². The number of pyridine rings is 1. The second-order valence-electron chi connectivity index (χ2n) is 5.66. The van der Waals surface area contributed by atoms with Crippen LogP contribution < -0.4 is 4.74 Å². The van der Waals surface area contributed by atoms with Crippen LogP contribution in [-0.2, 0) is 4.79 Å². The number of carbonyl (C=O) groups is 1. The molecule has 7 heteroatoms. The molecule has 0 aliphatic rings. The van der Waals surface area contributed by atoms with Crippen LogP contribution in [-0.4, -0.2) is 27.9 Å². The average Bonchev–Trinajstić information content (AvgIpc) is 2.52. The van der Waals surface area contributed by atoms with Gasteiger partial charge in [-0.1, -0.05) is 13.8 Å². The lowest BCUT2D eigenvalue weighted by atomic mass is 10.1. The average molecular weight is 367 g/mol. The molecule has 25 heavy (non-hydrogen) atoms. The Bertz CT molecular complexity index is 730. The Hall–Kier alpha value is -2.15. The minimum absolute atomic E-state index is 0.0656. The van der Waals surface area contributed by atoms with Gasteiger partial charge in [0.15, 0.2) is 17.4 Å². The van der Waals surface area contributed by atoms with Crippen molar-refractivity contribution in [2.75, 3.05) is 6.61 Å². The molecule has 0 bridgehead atoms. The second kappa shape index (κ2) is 8.80. The molecule has 0 radical (unpaired) electrons. The molecule has 1 aromatic heterocycles. The molecule has 0 saturated carbocycles. The van der Waals surface area contributed by atoms with Crippen LogP contribution in [0, 0.1) is 11.6 Å². The van der Waals surface area contributed by atoms with Gasteiger partial charge in [0.2, 0.25) is 0 Å². The largest absolute Gasteiger partial charge is 0.488 e. The summed E-state index contributed by atoms with van der Waals surface area (Å²) in [6, 6.07) is 5.88. The first-order valence-electron chi connectivity index (χ1n) is 7.83. The topological polar surface area (TPSA) is 59.4 Å². The number of hydrogen-bond acceptors (Lipinski definition) is 4. The molecule has 2 aromatic rings. The van der Waals surface area contributed by atoms with Crippen molar-refractivity contribution < 1.29 is 23.4 Å². The van der Waals surface area contributed by atoms with Gasteiger partial charge in [-0.3, -0.25) is 4.79 Å². The van der Waals surface area contributed by atoms with Crippen molar-refractivity contribution in [3.8, 4) is 16.9 Å². The summed E-state index contributed by atoms with van der Waals surface area (Å²) in [5, 5.41) is 9.67. The molecular weight excluding hydrogens is 348 g/mol. The fourth-order valence-corrected chi connectivity index (χ4v) is 2.96. The molecule has 0 spiro atoms. The van der Waals surface area contributed by atoms with Crippen LogP contribution in [0.1, 0.15) is 26.7 Å². The molecule has 1 N–H and O–H groups in total. The molecule has 1 heterocycles. The summed E-state index contributed by atoms with van der Waals surface area (Å²) in [7, 11) is 0. The number of halogens is 2. The first-order valence-corrected chi connectivity index (χ1v) is 8.71. The fourth-order valence-electron chi connectivity index (χ4n) is 2.16. The maximum Gasteiger partial charge on any atom is 0.303 e. The van der Waals surface area contributed by atoms with E-state index < -0.39 is 23.4 Å². The first kappa shape index (κ1) is 19.2. The standard InChI is InChI=1S/C18H19F2NO3S/c1-11(2)25-16-10-12(5-6-21-16)13-8-14(19)18(15(20)9-13)24-7-3-4-17(22)23/h5-6,8-11H,3-4,7H2,1-2H3,(H,22,23). The Morgan fingerprint density at radius 2 is 1.92 bits per heavy atom. The molecule has 1 aromatic carbocycles. The van der Waals surface area contributed by atoms with Crippen LogP contribution in [0.25, 0.3) is 11.1 Å². The highest BCUT2D eigenvalue weighted by Gasteiger charge is 2.14. The Balaban J connectivity index is 2.17.